The van der Waals surface area contributed by atoms with Crippen molar-refractivity contribution in [3.05, 3.63) is 42.1 Å². The van der Waals surface area contributed by atoms with Crippen molar-refractivity contribution in [2.75, 3.05) is 27.0 Å². The van der Waals surface area contributed by atoms with Gasteiger partial charge in [0.2, 0.25) is 12.5 Å². The Labute approximate surface area is 205 Å². The van der Waals surface area contributed by atoms with E-state index in [1.165, 1.54) is 5.56 Å². The molecule has 0 spiro atoms. The van der Waals surface area contributed by atoms with Gasteiger partial charge in [0, 0.05) is 25.6 Å². The van der Waals surface area contributed by atoms with Gasteiger partial charge < -0.3 is 36.3 Å². The molecule has 2 aliphatic heterocycles. The average Bonchev–Trinajstić information content (AvgIpc) is 3.29. The summed E-state index contributed by atoms with van der Waals surface area (Å²) in [4.78, 5) is 14.7. The van der Waals surface area contributed by atoms with Crippen molar-refractivity contribution < 1.29 is 40.7 Å². The van der Waals surface area contributed by atoms with Crippen LogP contribution < -0.4 is 35.9 Å². The molecule has 0 bridgehead atoms. The molecule has 180 valence electrons. The maximum absolute atomic E-state index is 13.0. The van der Waals surface area contributed by atoms with Crippen LogP contribution in [0.4, 0.5) is 4.79 Å². The maximum atomic E-state index is 13.0. The molecule has 0 fully saturated rings. The second-order valence-corrected chi connectivity index (χ2v) is 8.42. The van der Waals surface area contributed by atoms with Crippen molar-refractivity contribution in [3.63, 3.8) is 0 Å². The lowest BCUT2D eigenvalue weighted by molar-refractivity contribution is -0.686. The Morgan fingerprint density at radius 2 is 1.82 bits per heavy atom. The van der Waals surface area contributed by atoms with E-state index < -0.39 is 0 Å². The molecule has 3 aromatic rings. The van der Waals surface area contributed by atoms with Crippen LogP contribution in [0.1, 0.15) is 32.3 Å². The molecule has 0 saturated heterocycles. The first-order chi connectivity index (χ1) is 16.1. The molecular weight excluding hydrogens is 456 g/mol. The number of ether oxygens (including phenoxy) is 4. The number of rotatable bonds is 6. The number of carbonyl (C=O) groups excluding carboxylic acids is 1. The standard InChI is InChI=1S/C26H29N2O5.ClH/c1-4-9-27(10-5-2)26(29)33-25-20-15-28-11-8-18-13-23-24(32-16-31-23)14-19(18)21(28)12-17(20)6-7-22(25)30-3;/h6-7,12-15H,4-5,8-11,16H2,1-3H3;1H/q+1;/p-1. The van der Waals surface area contributed by atoms with Gasteiger partial charge in [-0.25, -0.2) is 4.79 Å². The lowest BCUT2D eigenvalue weighted by Gasteiger charge is -2.22. The topological polar surface area (TPSA) is 61.1 Å². The molecule has 1 amide bonds. The second-order valence-electron chi connectivity index (χ2n) is 8.42. The zero-order valence-corrected chi connectivity index (χ0v) is 20.5. The third kappa shape index (κ3) is 4.20. The number of aromatic nitrogens is 1. The smallest absolute Gasteiger partial charge is 0.415 e. The molecule has 2 aliphatic rings. The van der Waals surface area contributed by atoms with Crippen LogP contribution in [-0.4, -0.2) is 38.0 Å². The number of hydrogen-bond donors (Lipinski definition) is 0. The monoisotopic (exact) mass is 484 g/mol. The number of benzene rings is 2. The van der Waals surface area contributed by atoms with Gasteiger partial charge in [-0.1, -0.05) is 13.8 Å². The number of methoxy groups -OCH3 is 1. The zero-order valence-electron chi connectivity index (χ0n) is 19.7. The number of hydrogen-bond acceptors (Lipinski definition) is 5. The minimum absolute atomic E-state index is 0. The number of carbonyl (C=O) groups is 1. The normalized spacial score (nSPS) is 13.0. The summed E-state index contributed by atoms with van der Waals surface area (Å²) >= 11 is 0. The quantitative estimate of drug-likeness (QED) is 0.499. The number of nitrogens with zero attached hydrogens (tertiary/aromatic N) is 2. The summed E-state index contributed by atoms with van der Waals surface area (Å²) in [5.74, 6) is 2.59. The van der Waals surface area contributed by atoms with Gasteiger partial charge in [-0.2, -0.15) is 4.57 Å². The zero-order chi connectivity index (χ0) is 22.9. The summed E-state index contributed by atoms with van der Waals surface area (Å²) in [6.07, 6.45) is 4.36. The summed E-state index contributed by atoms with van der Waals surface area (Å²) in [6.45, 7) is 6.52. The SMILES string of the molecule is CCCN(CCC)C(=O)Oc1c(OC)ccc2cc3[n+](cc12)CCc1cc2c(cc1-3)OCO2.[Cl-]. The van der Waals surface area contributed by atoms with E-state index >= 15 is 0 Å². The van der Waals surface area contributed by atoms with Crippen LogP contribution in [0, 0.1) is 0 Å². The van der Waals surface area contributed by atoms with Gasteiger partial charge in [0.25, 0.3) is 0 Å². The summed E-state index contributed by atoms with van der Waals surface area (Å²) in [5, 5.41) is 1.83. The van der Waals surface area contributed by atoms with Crippen molar-refractivity contribution in [1.29, 1.82) is 0 Å². The van der Waals surface area contributed by atoms with Crippen LogP contribution in [0.15, 0.2) is 36.5 Å². The molecule has 2 aromatic carbocycles. The van der Waals surface area contributed by atoms with Crippen molar-refractivity contribution in [2.24, 2.45) is 0 Å². The van der Waals surface area contributed by atoms with E-state index in [2.05, 4.69) is 42.8 Å². The minimum Gasteiger partial charge on any atom is -1.00 e. The molecule has 34 heavy (non-hydrogen) atoms. The van der Waals surface area contributed by atoms with Crippen LogP contribution in [0.5, 0.6) is 23.0 Å². The first kappa shape index (κ1) is 24.0. The molecule has 1 aromatic heterocycles. The van der Waals surface area contributed by atoms with Crippen LogP contribution >= 0.6 is 0 Å². The van der Waals surface area contributed by atoms with Gasteiger partial charge in [0.05, 0.1) is 18.1 Å². The van der Waals surface area contributed by atoms with Gasteiger partial charge in [-0.05, 0) is 48.1 Å². The van der Waals surface area contributed by atoms with Crippen LogP contribution in [0.3, 0.4) is 0 Å². The molecule has 5 rings (SSSR count). The van der Waals surface area contributed by atoms with Gasteiger partial charge >= 0.3 is 6.09 Å². The van der Waals surface area contributed by atoms with E-state index in [4.69, 9.17) is 18.9 Å². The summed E-state index contributed by atoms with van der Waals surface area (Å²) < 4.78 is 24.9. The largest absolute Gasteiger partial charge is 1.00 e. The van der Waals surface area contributed by atoms with Crippen molar-refractivity contribution in [2.45, 2.75) is 39.7 Å². The molecule has 0 atom stereocenters. The van der Waals surface area contributed by atoms with Crippen LogP contribution in [0.25, 0.3) is 22.0 Å². The Balaban J connectivity index is 0.00000274. The molecule has 0 radical (unpaired) electrons. The molecule has 8 heteroatoms. The van der Waals surface area contributed by atoms with Crippen molar-refractivity contribution in [3.8, 4) is 34.3 Å². The Hall–Kier alpha value is -3.19. The summed E-state index contributed by atoms with van der Waals surface area (Å²) in [6, 6.07) is 10.1. The first-order valence-corrected chi connectivity index (χ1v) is 11.6. The van der Waals surface area contributed by atoms with Crippen molar-refractivity contribution >= 4 is 16.9 Å². The summed E-state index contributed by atoms with van der Waals surface area (Å²) in [7, 11) is 1.60. The summed E-state index contributed by atoms with van der Waals surface area (Å²) in [5.41, 5.74) is 3.48. The minimum atomic E-state index is -0.342. The Morgan fingerprint density at radius 3 is 2.53 bits per heavy atom. The number of fused-ring (bicyclic) bond motifs is 5. The van der Waals surface area contributed by atoms with Crippen LogP contribution in [0.2, 0.25) is 0 Å². The molecule has 7 nitrogen and oxygen atoms in total. The number of pyridine rings is 1. The lowest BCUT2D eigenvalue weighted by Crippen LogP contribution is -3.00. The van der Waals surface area contributed by atoms with E-state index in [9.17, 15) is 4.79 Å². The first-order valence-electron chi connectivity index (χ1n) is 11.6. The highest BCUT2D eigenvalue weighted by atomic mass is 35.5. The van der Waals surface area contributed by atoms with Crippen molar-refractivity contribution in [1.82, 2.24) is 4.90 Å². The number of halogens is 1. The van der Waals surface area contributed by atoms with E-state index in [-0.39, 0.29) is 25.3 Å². The molecule has 0 unspecified atom stereocenters. The predicted molar refractivity (Wildman–Crippen MR) is 124 cm³/mol. The van der Waals surface area contributed by atoms with E-state index in [0.717, 1.165) is 59.3 Å². The number of amides is 1. The van der Waals surface area contributed by atoms with E-state index in [1.807, 2.05) is 12.1 Å². The fraction of sp³-hybridized carbons (Fsp3) is 0.385. The molecule has 0 N–H and O–H groups in total. The fourth-order valence-electron chi connectivity index (χ4n) is 4.65. The lowest BCUT2D eigenvalue weighted by atomic mass is 9.95. The third-order valence-electron chi connectivity index (χ3n) is 6.23. The predicted octanol–water partition coefficient (Wildman–Crippen LogP) is 1.71. The second kappa shape index (κ2) is 9.97. The van der Waals surface area contributed by atoms with E-state index in [1.54, 1.807) is 12.0 Å². The molecule has 0 aliphatic carbocycles. The maximum Gasteiger partial charge on any atom is 0.415 e. The third-order valence-corrected chi connectivity index (χ3v) is 6.23. The molecular formula is C26H29ClN2O5. The Kier molecular flexibility index (Phi) is 7.03. The van der Waals surface area contributed by atoms with Gasteiger partial charge in [-0.3, -0.25) is 0 Å². The molecule has 0 saturated carbocycles. The van der Waals surface area contributed by atoms with Gasteiger partial charge in [-0.15, -0.1) is 0 Å². The highest BCUT2D eigenvalue weighted by Crippen LogP contribution is 2.41. The fourth-order valence-corrected chi connectivity index (χ4v) is 4.65. The van der Waals surface area contributed by atoms with E-state index in [0.29, 0.717) is 24.6 Å². The Morgan fingerprint density at radius 1 is 1.09 bits per heavy atom. The highest BCUT2D eigenvalue weighted by molar-refractivity contribution is 5.93. The van der Waals surface area contributed by atoms with Gasteiger partial charge in [0.1, 0.15) is 0 Å². The highest BCUT2D eigenvalue weighted by Gasteiger charge is 2.29. The Bertz CT molecular complexity index is 1220. The molecule has 3 heterocycles. The van der Waals surface area contributed by atoms with Gasteiger partial charge in [0.15, 0.2) is 35.7 Å². The van der Waals surface area contributed by atoms with Crippen LogP contribution in [-0.2, 0) is 13.0 Å². The number of aryl methyl sites for hydroxylation is 2. The average molecular weight is 485 g/mol.